The first-order chi connectivity index (χ1) is 7.66. The van der Waals surface area contributed by atoms with Gasteiger partial charge in [0.25, 0.3) is 0 Å². The lowest BCUT2D eigenvalue weighted by molar-refractivity contribution is -0.135. The molecule has 0 aliphatic rings. The quantitative estimate of drug-likeness (QED) is 0.849. The minimum absolute atomic E-state index is 0.0503. The van der Waals surface area contributed by atoms with Gasteiger partial charge in [0.2, 0.25) is 0 Å². The van der Waals surface area contributed by atoms with Crippen molar-refractivity contribution in [3.05, 3.63) is 36.4 Å². The van der Waals surface area contributed by atoms with Gasteiger partial charge in [-0.15, -0.1) is 0 Å². The van der Waals surface area contributed by atoms with Gasteiger partial charge in [-0.05, 0) is 18.2 Å². The Morgan fingerprint density at radius 2 is 2.06 bits per heavy atom. The second-order valence-corrected chi connectivity index (χ2v) is 3.61. The predicted molar refractivity (Wildman–Crippen MR) is 62.6 cm³/mol. The molecule has 1 aromatic carbocycles. The molecule has 4 heteroatoms. The molecule has 1 N–H and O–H groups in total. The van der Waals surface area contributed by atoms with Crippen LogP contribution in [0.3, 0.4) is 0 Å². The van der Waals surface area contributed by atoms with Crippen molar-refractivity contribution >= 4 is 22.7 Å². The summed E-state index contributed by atoms with van der Waals surface area (Å²) in [5.41, 5.74) is 0.872. The number of carbonyl (C=O) groups is 1. The molecule has 2 aromatic rings. The Kier molecular flexibility index (Phi) is 2.72. The van der Waals surface area contributed by atoms with Gasteiger partial charge in [0.15, 0.2) is 0 Å². The zero-order valence-corrected chi connectivity index (χ0v) is 8.92. The lowest BCUT2D eigenvalue weighted by Gasteiger charge is -2.15. The van der Waals surface area contributed by atoms with Crippen LogP contribution in [0.25, 0.3) is 10.9 Å². The average Bonchev–Trinajstić information content (AvgIpc) is 2.27. The number of rotatable bonds is 3. The summed E-state index contributed by atoms with van der Waals surface area (Å²) in [6.07, 6.45) is 0. The zero-order valence-electron chi connectivity index (χ0n) is 8.92. The number of carboxylic acid groups (broad SMARTS) is 1. The first-order valence-electron chi connectivity index (χ1n) is 4.95. The summed E-state index contributed by atoms with van der Waals surface area (Å²) < 4.78 is 0. The Bertz CT molecular complexity index is 525. The number of carboxylic acids is 1. The van der Waals surface area contributed by atoms with Crippen molar-refractivity contribution in [1.29, 1.82) is 0 Å². The summed E-state index contributed by atoms with van der Waals surface area (Å²) in [6.45, 7) is -0.0503. The molecule has 1 heterocycles. The Hall–Kier alpha value is -2.10. The number of hydrogen-bond donors (Lipinski definition) is 1. The highest BCUT2D eigenvalue weighted by Gasteiger charge is 2.07. The van der Waals surface area contributed by atoms with Gasteiger partial charge in [0, 0.05) is 12.4 Å². The molecule has 0 saturated heterocycles. The Labute approximate surface area is 93.1 Å². The van der Waals surface area contributed by atoms with Gasteiger partial charge >= 0.3 is 5.97 Å². The third kappa shape index (κ3) is 2.11. The second kappa shape index (κ2) is 4.18. The number of hydrogen-bond acceptors (Lipinski definition) is 3. The number of anilines is 1. The fourth-order valence-electron chi connectivity index (χ4n) is 1.55. The van der Waals surface area contributed by atoms with Crippen molar-refractivity contribution in [2.24, 2.45) is 0 Å². The maximum atomic E-state index is 10.6. The molecule has 0 atom stereocenters. The number of likely N-dealkylation sites (N-methyl/N-ethyl adjacent to an activating group) is 1. The van der Waals surface area contributed by atoms with E-state index in [-0.39, 0.29) is 6.54 Å². The third-order valence-corrected chi connectivity index (χ3v) is 2.35. The fourth-order valence-corrected chi connectivity index (χ4v) is 1.55. The summed E-state index contributed by atoms with van der Waals surface area (Å²) in [4.78, 5) is 16.6. The molecule has 4 nitrogen and oxygen atoms in total. The average molecular weight is 216 g/mol. The van der Waals surface area contributed by atoms with E-state index in [4.69, 9.17) is 5.11 Å². The van der Waals surface area contributed by atoms with Crippen LogP contribution in [0.5, 0.6) is 0 Å². The summed E-state index contributed by atoms with van der Waals surface area (Å²) in [5, 5.41) is 9.74. The predicted octanol–water partition coefficient (Wildman–Crippen LogP) is 1.76. The lowest BCUT2D eigenvalue weighted by Crippen LogP contribution is -2.25. The monoisotopic (exact) mass is 216 g/mol. The Morgan fingerprint density at radius 1 is 1.31 bits per heavy atom. The molecule has 1 aromatic heterocycles. The van der Waals surface area contributed by atoms with E-state index in [1.165, 1.54) is 0 Å². The molecule has 0 saturated carbocycles. The number of aromatic nitrogens is 1. The van der Waals surface area contributed by atoms with Gasteiger partial charge in [-0.2, -0.15) is 0 Å². The van der Waals surface area contributed by atoms with E-state index in [0.29, 0.717) is 5.82 Å². The maximum Gasteiger partial charge on any atom is 0.323 e. The maximum absolute atomic E-state index is 10.6. The van der Waals surface area contributed by atoms with Crippen LogP contribution in [0.1, 0.15) is 0 Å². The van der Waals surface area contributed by atoms with Crippen molar-refractivity contribution in [3.63, 3.8) is 0 Å². The molecule has 0 bridgehead atoms. The van der Waals surface area contributed by atoms with Crippen LogP contribution in [0.15, 0.2) is 36.4 Å². The number of fused-ring (bicyclic) bond motifs is 1. The molecule has 16 heavy (non-hydrogen) atoms. The van der Waals surface area contributed by atoms with E-state index in [1.807, 2.05) is 36.4 Å². The van der Waals surface area contributed by atoms with Gasteiger partial charge < -0.3 is 10.0 Å². The number of benzene rings is 1. The van der Waals surface area contributed by atoms with E-state index in [0.717, 1.165) is 10.9 Å². The normalized spacial score (nSPS) is 10.3. The molecular formula is C12H12N2O2. The fraction of sp³-hybridized carbons (Fsp3) is 0.167. The van der Waals surface area contributed by atoms with E-state index >= 15 is 0 Å². The molecule has 0 radical (unpaired) electrons. The molecule has 0 amide bonds. The zero-order chi connectivity index (χ0) is 11.5. The van der Waals surface area contributed by atoms with Gasteiger partial charge in [-0.25, -0.2) is 4.98 Å². The summed E-state index contributed by atoms with van der Waals surface area (Å²) in [6, 6.07) is 11.5. The molecular weight excluding hydrogens is 204 g/mol. The molecule has 82 valence electrons. The highest BCUT2D eigenvalue weighted by atomic mass is 16.4. The van der Waals surface area contributed by atoms with E-state index in [2.05, 4.69) is 4.98 Å². The SMILES string of the molecule is CN(CC(=O)O)c1ccc2ccccc2n1. The third-order valence-electron chi connectivity index (χ3n) is 2.35. The summed E-state index contributed by atoms with van der Waals surface area (Å²) >= 11 is 0. The molecule has 2 rings (SSSR count). The van der Waals surface area contributed by atoms with Crippen LogP contribution >= 0.6 is 0 Å². The van der Waals surface area contributed by atoms with Crippen LogP contribution < -0.4 is 4.90 Å². The van der Waals surface area contributed by atoms with E-state index in [9.17, 15) is 4.79 Å². The topological polar surface area (TPSA) is 53.4 Å². The molecule has 0 aliphatic heterocycles. The van der Waals surface area contributed by atoms with Gasteiger partial charge in [-0.3, -0.25) is 4.79 Å². The van der Waals surface area contributed by atoms with Gasteiger partial charge in [0.05, 0.1) is 5.52 Å². The molecule has 0 fully saturated rings. The lowest BCUT2D eigenvalue weighted by atomic mass is 10.2. The van der Waals surface area contributed by atoms with Crippen LogP contribution in [0.2, 0.25) is 0 Å². The molecule has 0 spiro atoms. The Morgan fingerprint density at radius 3 is 2.81 bits per heavy atom. The largest absolute Gasteiger partial charge is 0.480 e. The minimum atomic E-state index is -0.863. The second-order valence-electron chi connectivity index (χ2n) is 3.61. The highest BCUT2D eigenvalue weighted by molar-refractivity contribution is 5.81. The first kappa shape index (κ1) is 10.4. The number of pyridine rings is 1. The smallest absolute Gasteiger partial charge is 0.323 e. The summed E-state index contributed by atoms with van der Waals surface area (Å²) in [5.74, 6) is -0.196. The van der Waals surface area contributed by atoms with Crippen molar-refractivity contribution in [1.82, 2.24) is 4.98 Å². The number of nitrogens with zero attached hydrogens (tertiary/aromatic N) is 2. The molecule has 0 unspecified atom stereocenters. The van der Waals surface area contributed by atoms with Crippen LogP contribution in [-0.4, -0.2) is 29.7 Å². The van der Waals surface area contributed by atoms with Crippen LogP contribution in [0, 0.1) is 0 Å². The summed E-state index contributed by atoms with van der Waals surface area (Å²) in [7, 11) is 1.71. The van der Waals surface area contributed by atoms with E-state index < -0.39 is 5.97 Å². The van der Waals surface area contributed by atoms with Gasteiger partial charge in [0.1, 0.15) is 12.4 Å². The standard InChI is InChI=1S/C12H12N2O2/c1-14(8-12(15)16)11-7-6-9-4-2-3-5-10(9)13-11/h2-7H,8H2,1H3,(H,15,16). The van der Waals surface area contributed by atoms with Crippen molar-refractivity contribution < 1.29 is 9.90 Å². The minimum Gasteiger partial charge on any atom is -0.480 e. The van der Waals surface area contributed by atoms with E-state index in [1.54, 1.807) is 11.9 Å². The number of aliphatic carboxylic acids is 1. The van der Waals surface area contributed by atoms with Crippen LogP contribution in [-0.2, 0) is 4.79 Å². The first-order valence-corrected chi connectivity index (χ1v) is 4.95. The Balaban J connectivity index is 2.35. The van der Waals surface area contributed by atoms with Gasteiger partial charge in [-0.1, -0.05) is 18.2 Å². The molecule has 0 aliphatic carbocycles. The van der Waals surface area contributed by atoms with Crippen molar-refractivity contribution in [3.8, 4) is 0 Å². The van der Waals surface area contributed by atoms with Crippen molar-refractivity contribution in [2.75, 3.05) is 18.5 Å². The number of para-hydroxylation sites is 1. The van der Waals surface area contributed by atoms with Crippen LogP contribution in [0.4, 0.5) is 5.82 Å². The highest BCUT2D eigenvalue weighted by Crippen LogP contribution is 2.16. The van der Waals surface area contributed by atoms with Crippen molar-refractivity contribution in [2.45, 2.75) is 0 Å².